The summed E-state index contributed by atoms with van der Waals surface area (Å²) < 4.78 is 27.7. The van der Waals surface area contributed by atoms with Gasteiger partial charge < -0.3 is 4.90 Å². The first-order valence-corrected chi connectivity index (χ1v) is 6.67. The molecule has 0 unspecified atom stereocenters. The van der Waals surface area contributed by atoms with Gasteiger partial charge in [0.05, 0.1) is 0 Å². The van der Waals surface area contributed by atoms with Crippen molar-refractivity contribution in [2.45, 2.75) is 4.90 Å². The molecule has 0 saturated carbocycles. The number of nitrogens with zero attached hydrogens (tertiary/aromatic N) is 2. The maximum Gasteiger partial charge on any atom is 0.284 e. The van der Waals surface area contributed by atoms with Crippen LogP contribution < -0.4 is 0 Å². The van der Waals surface area contributed by atoms with Crippen molar-refractivity contribution >= 4 is 39.0 Å². The Labute approximate surface area is 103 Å². The molecule has 0 N–H and O–H groups in total. The fraction of sp³-hybridized carbons (Fsp3) is 0.222. The monoisotopic (exact) mass is 338 g/mol. The second kappa shape index (κ2) is 4.93. The summed E-state index contributed by atoms with van der Waals surface area (Å²) in [6, 6.07) is 6.75. The summed E-state index contributed by atoms with van der Waals surface area (Å²) in [7, 11) is -0.131. The predicted molar refractivity (Wildman–Crippen MR) is 68.5 cm³/mol. The van der Waals surface area contributed by atoms with E-state index in [9.17, 15) is 8.42 Å². The van der Waals surface area contributed by atoms with Crippen molar-refractivity contribution in [3.05, 3.63) is 27.8 Å². The Morgan fingerprint density at radius 3 is 2.47 bits per heavy atom. The van der Waals surface area contributed by atoms with E-state index in [1.165, 1.54) is 6.34 Å². The summed E-state index contributed by atoms with van der Waals surface area (Å²) in [5, 5.41) is 0. The lowest BCUT2D eigenvalue weighted by Crippen LogP contribution is -2.10. The van der Waals surface area contributed by atoms with Gasteiger partial charge in [-0.05, 0) is 34.7 Å². The van der Waals surface area contributed by atoms with Crippen LogP contribution in [0.3, 0.4) is 0 Å². The van der Waals surface area contributed by atoms with E-state index < -0.39 is 10.0 Å². The molecule has 0 bridgehead atoms. The van der Waals surface area contributed by atoms with Crippen LogP contribution in [0.5, 0.6) is 0 Å². The van der Waals surface area contributed by atoms with Crippen LogP contribution >= 0.6 is 22.6 Å². The smallest absolute Gasteiger partial charge is 0.284 e. The molecule has 0 aliphatic heterocycles. The maximum absolute atomic E-state index is 11.7. The third-order valence-corrected chi connectivity index (χ3v) is 4.12. The highest BCUT2D eigenvalue weighted by Gasteiger charge is 2.14. The third kappa shape index (κ3) is 3.45. The van der Waals surface area contributed by atoms with Gasteiger partial charge in [-0.2, -0.15) is 8.42 Å². The largest absolute Gasteiger partial charge is 0.368 e. The Morgan fingerprint density at radius 1 is 1.33 bits per heavy atom. The molecule has 6 heteroatoms. The van der Waals surface area contributed by atoms with Gasteiger partial charge in [-0.3, -0.25) is 0 Å². The molecule has 0 heterocycles. The molecule has 0 fully saturated rings. The molecule has 15 heavy (non-hydrogen) atoms. The fourth-order valence-corrected chi connectivity index (χ4v) is 3.08. The Hall–Kier alpha value is -0.630. The van der Waals surface area contributed by atoms with E-state index in [4.69, 9.17) is 0 Å². The molecule has 0 saturated heterocycles. The zero-order valence-electron chi connectivity index (χ0n) is 8.38. The SMILES string of the molecule is CN(C)/C=N/S(=O)(=O)c1ccccc1I. The van der Waals surface area contributed by atoms with E-state index in [-0.39, 0.29) is 4.90 Å². The van der Waals surface area contributed by atoms with Gasteiger partial charge in [0.25, 0.3) is 10.0 Å². The summed E-state index contributed by atoms with van der Waals surface area (Å²) in [4.78, 5) is 1.82. The highest BCUT2D eigenvalue weighted by Crippen LogP contribution is 2.18. The van der Waals surface area contributed by atoms with Gasteiger partial charge in [-0.1, -0.05) is 12.1 Å². The Balaban J connectivity index is 3.13. The van der Waals surface area contributed by atoms with Crippen molar-refractivity contribution in [1.82, 2.24) is 4.90 Å². The molecule has 0 aliphatic rings. The van der Waals surface area contributed by atoms with Crippen LogP contribution in [0.4, 0.5) is 0 Å². The van der Waals surface area contributed by atoms with Gasteiger partial charge in [0.2, 0.25) is 0 Å². The van der Waals surface area contributed by atoms with Crippen molar-refractivity contribution in [3.8, 4) is 0 Å². The molecule has 82 valence electrons. The van der Waals surface area contributed by atoms with Crippen molar-refractivity contribution < 1.29 is 8.42 Å². The van der Waals surface area contributed by atoms with Gasteiger partial charge >= 0.3 is 0 Å². The zero-order valence-corrected chi connectivity index (χ0v) is 11.4. The normalized spacial score (nSPS) is 11.9. The van der Waals surface area contributed by atoms with Crippen LogP contribution in [0, 0.1) is 3.57 Å². The van der Waals surface area contributed by atoms with Crippen LogP contribution in [0.1, 0.15) is 0 Å². The molecular formula is C9H11IN2O2S. The summed E-state index contributed by atoms with van der Waals surface area (Å²) in [6.45, 7) is 0. The number of hydrogen-bond donors (Lipinski definition) is 0. The standard InChI is InChI=1S/C9H11IN2O2S/c1-12(2)7-11-15(13,14)9-6-4-3-5-8(9)10/h3-7H,1-2H3/b11-7+. The van der Waals surface area contributed by atoms with Gasteiger partial charge in [0.1, 0.15) is 11.2 Å². The van der Waals surface area contributed by atoms with Crippen LogP contribution in [0.2, 0.25) is 0 Å². The van der Waals surface area contributed by atoms with Gasteiger partial charge in [-0.15, -0.1) is 4.40 Å². The molecule has 0 radical (unpaired) electrons. The minimum absolute atomic E-state index is 0.240. The summed E-state index contributed by atoms with van der Waals surface area (Å²) in [6.07, 6.45) is 1.28. The first kappa shape index (κ1) is 12.4. The summed E-state index contributed by atoms with van der Waals surface area (Å²) in [5.41, 5.74) is 0. The summed E-state index contributed by atoms with van der Waals surface area (Å²) >= 11 is 1.98. The molecule has 0 aromatic heterocycles. The highest BCUT2D eigenvalue weighted by molar-refractivity contribution is 14.1. The van der Waals surface area contributed by atoms with Crippen LogP contribution in [-0.4, -0.2) is 33.8 Å². The third-order valence-electron chi connectivity index (χ3n) is 1.53. The Morgan fingerprint density at radius 2 is 1.93 bits per heavy atom. The topological polar surface area (TPSA) is 49.7 Å². The van der Waals surface area contributed by atoms with E-state index >= 15 is 0 Å². The average Bonchev–Trinajstić information content (AvgIpc) is 2.15. The van der Waals surface area contributed by atoms with E-state index in [1.807, 2.05) is 22.6 Å². The molecule has 1 aromatic carbocycles. The van der Waals surface area contributed by atoms with Crippen LogP contribution in [0.15, 0.2) is 33.6 Å². The lowest BCUT2D eigenvalue weighted by atomic mass is 10.4. The second-order valence-electron chi connectivity index (χ2n) is 3.09. The quantitative estimate of drug-likeness (QED) is 0.478. The molecule has 1 aromatic rings. The highest BCUT2D eigenvalue weighted by atomic mass is 127. The van der Waals surface area contributed by atoms with Crippen molar-refractivity contribution in [2.75, 3.05) is 14.1 Å². The molecule has 0 spiro atoms. The Kier molecular flexibility index (Phi) is 4.09. The van der Waals surface area contributed by atoms with E-state index in [2.05, 4.69) is 4.40 Å². The maximum atomic E-state index is 11.7. The first-order valence-electron chi connectivity index (χ1n) is 4.15. The minimum atomic E-state index is -3.57. The fourth-order valence-electron chi connectivity index (χ4n) is 0.867. The lowest BCUT2D eigenvalue weighted by Gasteiger charge is -2.04. The molecule has 4 nitrogen and oxygen atoms in total. The number of hydrogen-bond acceptors (Lipinski definition) is 2. The van der Waals surface area contributed by atoms with Crippen molar-refractivity contribution in [3.63, 3.8) is 0 Å². The molecular weight excluding hydrogens is 327 g/mol. The van der Waals surface area contributed by atoms with E-state index in [0.717, 1.165) is 0 Å². The van der Waals surface area contributed by atoms with Crippen LogP contribution in [-0.2, 0) is 10.0 Å². The van der Waals surface area contributed by atoms with E-state index in [1.54, 1.807) is 43.3 Å². The lowest BCUT2D eigenvalue weighted by molar-refractivity contribution is 0.594. The number of benzene rings is 1. The first-order chi connectivity index (χ1) is 6.93. The second-order valence-corrected chi connectivity index (χ2v) is 5.85. The van der Waals surface area contributed by atoms with Gasteiger partial charge in [0, 0.05) is 17.7 Å². The molecule has 0 atom stereocenters. The van der Waals surface area contributed by atoms with Crippen LogP contribution in [0.25, 0.3) is 0 Å². The van der Waals surface area contributed by atoms with Gasteiger partial charge in [0.15, 0.2) is 0 Å². The van der Waals surface area contributed by atoms with Gasteiger partial charge in [-0.25, -0.2) is 0 Å². The molecule has 1 rings (SSSR count). The molecule has 0 amide bonds. The van der Waals surface area contributed by atoms with Crippen molar-refractivity contribution in [2.24, 2.45) is 4.40 Å². The minimum Gasteiger partial charge on any atom is -0.368 e. The van der Waals surface area contributed by atoms with E-state index in [0.29, 0.717) is 3.57 Å². The average molecular weight is 338 g/mol. The zero-order chi connectivity index (χ0) is 11.5. The predicted octanol–water partition coefficient (Wildman–Crippen LogP) is 1.57. The Bertz CT molecular complexity index is 469. The molecule has 0 aliphatic carbocycles. The number of rotatable bonds is 3. The summed E-state index contributed by atoms with van der Waals surface area (Å²) in [5.74, 6) is 0. The van der Waals surface area contributed by atoms with Crippen molar-refractivity contribution in [1.29, 1.82) is 0 Å². The number of sulfonamides is 1. The number of halogens is 1.